The van der Waals surface area contributed by atoms with E-state index < -0.39 is 6.04 Å². The molecule has 6 heteroatoms. The summed E-state index contributed by atoms with van der Waals surface area (Å²) < 4.78 is 1.83. The number of nitrogens with one attached hydrogen (secondary N) is 2. The molecular weight excluding hydrogens is 304 g/mol. The van der Waals surface area contributed by atoms with Gasteiger partial charge >= 0.3 is 0 Å². The summed E-state index contributed by atoms with van der Waals surface area (Å²) in [7, 11) is 0. The molecule has 0 fully saturated rings. The monoisotopic (exact) mass is 324 g/mol. The van der Waals surface area contributed by atoms with Crippen LogP contribution >= 0.6 is 0 Å². The van der Waals surface area contributed by atoms with Crippen molar-refractivity contribution in [3.63, 3.8) is 0 Å². The Bertz CT molecular complexity index is 955. The number of aromatic nitrogens is 3. The van der Waals surface area contributed by atoms with Gasteiger partial charge in [-0.2, -0.15) is 0 Å². The summed E-state index contributed by atoms with van der Waals surface area (Å²) in [6.07, 6.45) is 1.67. The molecule has 2 aromatic heterocycles. The molecule has 3 rings (SSSR count). The summed E-state index contributed by atoms with van der Waals surface area (Å²) in [6, 6.07) is 9.15. The first-order chi connectivity index (χ1) is 11.5. The molecular formula is C18H20N4O2. The number of carbonyl (C=O) groups is 1. The number of pyridine rings is 1. The summed E-state index contributed by atoms with van der Waals surface area (Å²) in [4.78, 5) is 31.6. The molecule has 0 radical (unpaired) electrons. The fourth-order valence-corrected chi connectivity index (χ4v) is 2.84. The second-order valence-electron chi connectivity index (χ2n) is 5.98. The molecule has 1 atom stereocenters. The minimum absolute atomic E-state index is 0.155. The van der Waals surface area contributed by atoms with Gasteiger partial charge in [0.25, 0.3) is 5.56 Å². The van der Waals surface area contributed by atoms with Crippen LogP contribution in [0.25, 0.3) is 11.0 Å². The smallest absolute Gasteiger partial charge is 0.253 e. The van der Waals surface area contributed by atoms with Gasteiger partial charge in [0, 0.05) is 17.8 Å². The maximum atomic E-state index is 12.5. The van der Waals surface area contributed by atoms with E-state index in [1.54, 1.807) is 6.33 Å². The van der Waals surface area contributed by atoms with E-state index in [-0.39, 0.29) is 18.0 Å². The number of amides is 1. The molecule has 0 saturated heterocycles. The number of rotatable bonds is 4. The lowest BCUT2D eigenvalue weighted by atomic mass is 10.1. The number of carbonyl (C=O) groups excluding carboxylic acids is 1. The molecule has 1 aromatic carbocycles. The number of H-pyrrole nitrogens is 1. The highest BCUT2D eigenvalue weighted by molar-refractivity contribution is 5.83. The molecule has 0 bridgehead atoms. The van der Waals surface area contributed by atoms with Gasteiger partial charge in [0.1, 0.15) is 6.04 Å². The first kappa shape index (κ1) is 16.0. The quantitative estimate of drug-likeness (QED) is 0.772. The van der Waals surface area contributed by atoms with Crippen LogP contribution in [0.5, 0.6) is 0 Å². The average Bonchev–Trinajstić information content (AvgIpc) is 2.96. The highest BCUT2D eigenvalue weighted by Gasteiger charge is 2.17. The van der Waals surface area contributed by atoms with Crippen molar-refractivity contribution in [2.45, 2.75) is 33.4 Å². The predicted octanol–water partition coefficient (Wildman–Crippen LogP) is 2.22. The van der Waals surface area contributed by atoms with Crippen molar-refractivity contribution in [1.82, 2.24) is 19.9 Å². The molecule has 0 aliphatic heterocycles. The van der Waals surface area contributed by atoms with Crippen molar-refractivity contribution < 1.29 is 4.79 Å². The Morgan fingerprint density at radius 3 is 2.83 bits per heavy atom. The highest BCUT2D eigenvalue weighted by Crippen LogP contribution is 2.17. The van der Waals surface area contributed by atoms with E-state index in [2.05, 4.69) is 15.3 Å². The number of hydrogen-bond acceptors (Lipinski definition) is 3. The van der Waals surface area contributed by atoms with Crippen molar-refractivity contribution in [3.8, 4) is 0 Å². The summed E-state index contributed by atoms with van der Waals surface area (Å²) >= 11 is 0. The lowest BCUT2D eigenvalue weighted by Crippen LogP contribution is -2.32. The van der Waals surface area contributed by atoms with Crippen LogP contribution in [-0.4, -0.2) is 20.4 Å². The van der Waals surface area contributed by atoms with Gasteiger partial charge in [0.05, 0.1) is 17.4 Å². The molecule has 2 heterocycles. The van der Waals surface area contributed by atoms with E-state index in [0.717, 1.165) is 22.3 Å². The van der Waals surface area contributed by atoms with Gasteiger partial charge in [-0.15, -0.1) is 0 Å². The Labute approximate surface area is 139 Å². The Morgan fingerprint density at radius 1 is 1.33 bits per heavy atom. The molecule has 0 aliphatic rings. The van der Waals surface area contributed by atoms with Crippen LogP contribution in [0.4, 0.5) is 0 Å². The van der Waals surface area contributed by atoms with Crippen LogP contribution in [0.2, 0.25) is 0 Å². The van der Waals surface area contributed by atoms with Crippen LogP contribution in [0.15, 0.2) is 41.5 Å². The number of aryl methyl sites for hydroxylation is 2. The van der Waals surface area contributed by atoms with E-state index in [0.29, 0.717) is 5.56 Å². The largest absolute Gasteiger partial charge is 0.350 e. The van der Waals surface area contributed by atoms with Crippen molar-refractivity contribution in [3.05, 3.63) is 63.8 Å². The topological polar surface area (TPSA) is 79.8 Å². The molecule has 2 N–H and O–H groups in total. The van der Waals surface area contributed by atoms with Gasteiger partial charge in [-0.3, -0.25) is 9.59 Å². The summed E-state index contributed by atoms with van der Waals surface area (Å²) in [5, 5.41) is 2.85. The molecule has 1 unspecified atom stereocenters. The minimum Gasteiger partial charge on any atom is -0.350 e. The lowest BCUT2D eigenvalue weighted by Gasteiger charge is -2.15. The third kappa shape index (κ3) is 2.95. The van der Waals surface area contributed by atoms with Crippen LogP contribution in [0, 0.1) is 13.8 Å². The van der Waals surface area contributed by atoms with Gasteiger partial charge in [-0.05, 0) is 44.5 Å². The SMILES string of the molecule is Cc1cc(C)c(CNC(=O)C(C)n2cnc3ccccc32)c(=O)[nH]1. The number of imidazole rings is 1. The van der Waals surface area contributed by atoms with E-state index in [1.807, 2.05) is 55.7 Å². The van der Waals surface area contributed by atoms with Crippen molar-refractivity contribution in [2.24, 2.45) is 0 Å². The Hall–Kier alpha value is -2.89. The fraction of sp³-hybridized carbons (Fsp3) is 0.278. The van der Waals surface area contributed by atoms with Crippen LogP contribution < -0.4 is 10.9 Å². The summed E-state index contributed by atoms with van der Waals surface area (Å²) in [5.74, 6) is -0.155. The van der Waals surface area contributed by atoms with E-state index >= 15 is 0 Å². The minimum atomic E-state index is -0.415. The zero-order valence-electron chi connectivity index (χ0n) is 14.0. The number of nitrogens with zero attached hydrogens (tertiary/aromatic N) is 2. The first-order valence-corrected chi connectivity index (χ1v) is 7.86. The molecule has 6 nitrogen and oxygen atoms in total. The molecule has 0 aliphatic carbocycles. The molecule has 0 spiro atoms. The van der Waals surface area contributed by atoms with Crippen LogP contribution in [0.3, 0.4) is 0 Å². The standard InChI is InChI=1S/C18H20N4O2/c1-11-8-12(2)21-18(24)14(11)9-19-17(23)13(3)22-10-20-15-6-4-5-7-16(15)22/h4-8,10,13H,9H2,1-3H3,(H,19,23)(H,21,24). The number of hydrogen-bond donors (Lipinski definition) is 2. The average molecular weight is 324 g/mol. The van der Waals surface area contributed by atoms with E-state index in [1.165, 1.54) is 0 Å². The Morgan fingerprint density at radius 2 is 2.08 bits per heavy atom. The predicted molar refractivity (Wildman–Crippen MR) is 92.8 cm³/mol. The van der Waals surface area contributed by atoms with Crippen LogP contribution in [0.1, 0.15) is 29.8 Å². The number of fused-ring (bicyclic) bond motifs is 1. The zero-order valence-corrected chi connectivity index (χ0v) is 14.0. The van der Waals surface area contributed by atoms with Gasteiger partial charge in [0.15, 0.2) is 0 Å². The molecule has 24 heavy (non-hydrogen) atoms. The zero-order chi connectivity index (χ0) is 17.3. The second kappa shape index (κ2) is 6.31. The molecule has 124 valence electrons. The molecule has 1 amide bonds. The normalized spacial score (nSPS) is 12.3. The van der Waals surface area contributed by atoms with E-state index in [9.17, 15) is 9.59 Å². The fourth-order valence-electron chi connectivity index (χ4n) is 2.84. The third-order valence-corrected chi connectivity index (χ3v) is 4.21. The Balaban J connectivity index is 1.77. The van der Waals surface area contributed by atoms with Gasteiger partial charge in [-0.25, -0.2) is 4.98 Å². The highest BCUT2D eigenvalue weighted by atomic mass is 16.2. The second-order valence-corrected chi connectivity index (χ2v) is 5.98. The van der Waals surface area contributed by atoms with Gasteiger partial charge in [-0.1, -0.05) is 12.1 Å². The van der Waals surface area contributed by atoms with Crippen molar-refractivity contribution in [1.29, 1.82) is 0 Å². The molecule has 0 saturated carbocycles. The van der Waals surface area contributed by atoms with Gasteiger partial charge < -0.3 is 14.9 Å². The maximum Gasteiger partial charge on any atom is 0.253 e. The number of benzene rings is 1. The summed E-state index contributed by atoms with van der Waals surface area (Å²) in [5.41, 5.74) is 3.86. The van der Waals surface area contributed by atoms with Crippen LogP contribution in [-0.2, 0) is 11.3 Å². The summed E-state index contributed by atoms with van der Waals surface area (Å²) in [6.45, 7) is 5.73. The van der Waals surface area contributed by atoms with Gasteiger partial charge in [0.2, 0.25) is 5.91 Å². The third-order valence-electron chi connectivity index (χ3n) is 4.21. The number of para-hydroxylation sites is 2. The lowest BCUT2D eigenvalue weighted by molar-refractivity contribution is -0.123. The Kier molecular flexibility index (Phi) is 4.20. The first-order valence-electron chi connectivity index (χ1n) is 7.86. The van der Waals surface area contributed by atoms with E-state index in [4.69, 9.17) is 0 Å². The number of aromatic amines is 1. The maximum absolute atomic E-state index is 12.5. The molecule has 3 aromatic rings. The van der Waals surface area contributed by atoms with Crippen molar-refractivity contribution >= 4 is 16.9 Å². The van der Waals surface area contributed by atoms with Crippen molar-refractivity contribution in [2.75, 3.05) is 0 Å².